The molecule has 1 unspecified atom stereocenters. The smallest absolute Gasteiger partial charge is 0.429 e. The highest BCUT2D eigenvalue weighted by Gasteiger charge is 2.57. The van der Waals surface area contributed by atoms with Crippen LogP contribution in [0.3, 0.4) is 0 Å². The van der Waals surface area contributed by atoms with E-state index < -0.39 is 39.6 Å². The van der Waals surface area contributed by atoms with E-state index in [4.69, 9.17) is 9.29 Å². The van der Waals surface area contributed by atoms with Crippen molar-refractivity contribution in [1.82, 2.24) is 0 Å². The highest BCUT2D eigenvalue weighted by Crippen LogP contribution is 2.36. The van der Waals surface area contributed by atoms with Gasteiger partial charge in [0, 0.05) is 3.57 Å². The molecule has 0 aliphatic heterocycles. The summed E-state index contributed by atoms with van der Waals surface area (Å²) in [5.41, 5.74) is -3.82. The monoisotopic (exact) mass is 860 g/mol. The first-order valence-corrected chi connectivity index (χ1v) is 14.5. The van der Waals surface area contributed by atoms with Crippen molar-refractivity contribution < 1.29 is 45.2 Å². The zero-order valence-corrected chi connectivity index (χ0v) is 25.2. The maximum atomic E-state index is 13.6. The first-order chi connectivity index (χ1) is 16.5. The van der Waals surface area contributed by atoms with E-state index in [1.807, 2.05) is 51.2 Å². The van der Waals surface area contributed by atoms with Crippen molar-refractivity contribution in [3.63, 3.8) is 0 Å². The van der Waals surface area contributed by atoms with Crippen LogP contribution < -0.4 is 4.74 Å². The molecule has 0 saturated carbocycles. The van der Waals surface area contributed by atoms with Gasteiger partial charge in [-0.1, -0.05) is 24.3 Å². The van der Waals surface area contributed by atoms with Gasteiger partial charge in [0.25, 0.3) is 10.1 Å². The second kappa shape index (κ2) is 10.9. The molecule has 0 spiro atoms. The Balaban J connectivity index is 2.03. The van der Waals surface area contributed by atoms with Crippen LogP contribution in [0.25, 0.3) is 10.8 Å². The van der Waals surface area contributed by atoms with Crippen LogP contribution in [0.4, 0.5) is 13.2 Å². The van der Waals surface area contributed by atoms with Gasteiger partial charge in [0.1, 0.15) is 5.75 Å². The fourth-order valence-corrected chi connectivity index (χ4v) is 6.19. The van der Waals surface area contributed by atoms with Gasteiger partial charge in [-0.05, 0) is 110 Å². The Hall–Kier alpha value is -1.25. The van der Waals surface area contributed by atoms with Gasteiger partial charge in [0.05, 0.1) is 18.3 Å². The van der Waals surface area contributed by atoms with Crippen molar-refractivity contribution in [1.29, 1.82) is 0 Å². The van der Waals surface area contributed by atoms with Crippen LogP contribution in [0.2, 0.25) is 0 Å². The molecule has 3 rings (SSSR count). The number of hydrogen-bond donors (Lipinski definition) is 1. The van der Waals surface area contributed by atoms with E-state index in [2.05, 4.69) is 27.3 Å². The average Bonchev–Trinajstić information content (AvgIpc) is 2.76. The van der Waals surface area contributed by atoms with Gasteiger partial charge in [0.15, 0.2) is 5.75 Å². The van der Waals surface area contributed by atoms with Crippen LogP contribution in [-0.2, 0) is 14.9 Å². The number of benzene rings is 3. The van der Waals surface area contributed by atoms with E-state index in [0.29, 0.717) is 19.8 Å². The number of esters is 2. The summed E-state index contributed by atoms with van der Waals surface area (Å²) in [6.07, 6.45) is -5.31. The van der Waals surface area contributed by atoms with E-state index >= 15 is 0 Å². The highest BCUT2D eigenvalue weighted by atomic mass is 127. The molecule has 0 amide bonds. The molecule has 192 valence electrons. The van der Waals surface area contributed by atoms with Gasteiger partial charge < -0.3 is 9.47 Å². The largest absolute Gasteiger partial charge is 0.445 e. The Bertz CT molecular complexity index is 1480. The van der Waals surface area contributed by atoms with Crippen molar-refractivity contribution in [3.8, 4) is 5.75 Å². The lowest BCUT2D eigenvalue weighted by molar-refractivity contribution is -0.243. The van der Waals surface area contributed by atoms with Crippen LogP contribution in [0, 0.1) is 10.7 Å². The predicted octanol–water partition coefficient (Wildman–Crippen LogP) is 6.24. The number of alkyl halides is 3. The number of halogens is 6. The Kier molecular flexibility index (Phi) is 8.84. The summed E-state index contributed by atoms with van der Waals surface area (Å²) in [7, 11) is -5.15. The molecular formula is C22H14F3I3O7S. The zero-order chi connectivity index (χ0) is 27.1. The summed E-state index contributed by atoms with van der Waals surface area (Å²) in [4.78, 5) is 25.8. The molecule has 0 fully saturated rings. The van der Waals surface area contributed by atoms with Crippen molar-refractivity contribution >= 4 is 101 Å². The Morgan fingerprint density at radius 2 is 1.39 bits per heavy atom. The third-order valence-electron chi connectivity index (χ3n) is 4.93. The van der Waals surface area contributed by atoms with E-state index in [-0.39, 0.29) is 21.9 Å². The zero-order valence-electron chi connectivity index (χ0n) is 17.9. The lowest BCUT2D eigenvalue weighted by Crippen LogP contribution is -2.51. The predicted molar refractivity (Wildman–Crippen MR) is 150 cm³/mol. The van der Waals surface area contributed by atoms with Gasteiger partial charge in [-0.25, -0.2) is 9.59 Å². The minimum atomic E-state index is -5.31. The maximum absolute atomic E-state index is 13.6. The third-order valence-corrected chi connectivity index (χ3v) is 9.70. The first-order valence-electron chi connectivity index (χ1n) is 9.67. The van der Waals surface area contributed by atoms with Gasteiger partial charge >= 0.3 is 18.1 Å². The fraction of sp³-hybridized carbons (Fsp3) is 0.182. The standard InChI is InChI=1S/C22H14F3I3O7S/c1-21(22(23,24)25,10-36(31,32)33)35-20(30)14-7-3-4-11-12(14)5-2-6-13(11)19(29)34-18-16(27)9-8-15(26)17(18)28/h2-9H,10H2,1H3,(H,31,32,33). The summed E-state index contributed by atoms with van der Waals surface area (Å²) in [6.45, 7) is 0.344. The van der Waals surface area contributed by atoms with Gasteiger partial charge in [0.2, 0.25) is 5.60 Å². The molecule has 0 aromatic heterocycles. The molecule has 0 heterocycles. The first kappa shape index (κ1) is 29.3. The van der Waals surface area contributed by atoms with Crippen molar-refractivity contribution in [2.24, 2.45) is 0 Å². The van der Waals surface area contributed by atoms with Gasteiger partial charge in [-0.15, -0.1) is 0 Å². The molecule has 1 N–H and O–H groups in total. The van der Waals surface area contributed by atoms with Crippen molar-refractivity contribution in [2.45, 2.75) is 18.7 Å². The lowest BCUT2D eigenvalue weighted by Gasteiger charge is -2.30. The minimum absolute atomic E-state index is 0.0455. The highest BCUT2D eigenvalue weighted by molar-refractivity contribution is 14.1. The number of rotatable bonds is 6. The minimum Gasteiger partial charge on any atom is -0.445 e. The number of carbonyl (C=O) groups is 2. The fourth-order valence-electron chi connectivity index (χ4n) is 3.19. The van der Waals surface area contributed by atoms with Crippen LogP contribution in [0.1, 0.15) is 27.6 Å². The average molecular weight is 860 g/mol. The lowest BCUT2D eigenvalue weighted by atomic mass is 9.99. The van der Waals surface area contributed by atoms with Crippen molar-refractivity contribution in [3.05, 3.63) is 70.4 Å². The van der Waals surface area contributed by atoms with E-state index in [0.717, 1.165) is 3.57 Å². The summed E-state index contributed by atoms with van der Waals surface area (Å²) in [5, 5.41) is 0.288. The third kappa shape index (κ3) is 6.41. The molecular weight excluding hydrogens is 846 g/mol. The molecule has 3 aromatic carbocycles. The van der Waals surface area contributed by atoms with E-state index in [1.165, 1.54) is 36.4 Å². The number of carbonyl (C=O) groups excluding carboxylic acids is 2. The van der Waals surface area contributed by atoms with Crippen LogP contribution in [0.5, 0.6) is 5.75 Å². The summed E-state index contributed by atoms with van der Waals surface area (Å²) >= 11 is 6.15. The van der Waals surface area contributed by atoms with E-state index in [9.17, 15) is 31.2 Å². The second-order valence-corrected chi connectivity index (χ2v) is 12.5. The SMILES string of the molecule is CC(CS(=O)(=O)O)(OC(=O)c1cccc2c(C(=O)Oc3c(I)ccc(I)c3I)cccc12)C(F)(F)F. The van der Waals surface area contributed by atoms with E-state index in [1.54, 1.807) is 6.07 Å². The Morgan fingerprint density at radius 3 is 1.89 bits per heavy atom. The van der Waals surface area contributed by atoms with Crippen LogP contribution >= 0.6 is 67.8 Å². The molecule has 0 saturated heterocycles. The number of hydrogen-bond acceptors (Lipinski definition) is 6. The van der Waals surface area contributed by atoms with Crippen molar-refractivity contribution in [2.75, 3.05) is 5.75 Å². The maximum Gasteiger partial charge on any atom is 0.429 e. The molecule has 0 radical (unpaired) electrons. The quantitative estimate of drug-likeness (QED) is 0.103. The molecule has 3 aromatic rings. The summed E-state index contributed by atoms with van der Waals surface area (Å²) < 4.78 is 84.5. The van der Waals surface area contributed by atoms with Gasteiger partial charge in [-0.2, -0.15) is 21.6 Å². The summed E-state index contributed by atoms with van der Waals surface area (Å²) in [6, 6.07) is 11.9. The second-order valence-electron chi connectivity index (χ2n) is 7.61. The molecule has 0 aliphatic rings. The van der Waals surface area contributed by atoms with Crippen LogP contribution in [0.15, 0.2) is 48.5 Å². The normalized spacial score (nSPS) is 13.8. The Morgan fingerprint density at radius 1 is 0.889 bits per heavy atom. The Labute approximate surface area is 244 Å². The topological polar surface area (TPSA) is 107 Å². The van der Waals surface area contributed by atoms with Gasteiger partial charge in [-0.3, -0.25) is 4.55 Å². The molecule has 7 nitrogen and oxygen atoms in total. The molecule has 36 heavy (non-hydrogen) atoms. The molecule has 0 bridgehead atoms. The molecule has 0 aliphatic carbocycles. The number of ether oxygens (including phenoxy) is 2. The number of fused-ring (bicyclic) bond motifs is 1. The summed E-state index contributed by atoms with van der Waals surface area (Å²) in [5.74, 6) is -3.79. The molecule has 1 atom stereocenters. The van der Waals surface area contributed by atoms with Crippen LogP contribution in [-0.4, -0.2) is 42.4 Å². The molecule has 14 heteroatoms.